The number of phenols is 1. The molecule has 0 aliphatic heterocycles. The largest absolute Gasteiger partial charge is 0.508 e. The van der Waals surface area contributed by atoms with Gasteiger partial charge in [-0.3, -0.25) is 4.79 Å². The molecule has 0 fully saturated rings. The molecular formula is C20H22N4O3. The number of carbonyl (C=O) groups excluding carboxylic acids is 1. The zero-order chi connectivity index (χ0) is 19.4. The number of benzene rings is 2. The van der Waals surface area contributed by atoms with Crippen LogP contribution >= 0.6 is 0 Å². The predicted octanol–water partition coefficient (Wildman–Crippen LogP) is 2.70. The highest BCUT2D eigenvalue weighted by Gasteiger charge is 2.13. The summed E-state index contributed by atoms with van der Waals surface area (Å²) in [5, 5.41) is 26.4. The van der Waals surface area contributed by atoms with Crippen LogP contribution in [0.3, 0.4) is 0 Å². The molecule has 0 spiro atoms. The number of hydrogen-bond acceptors (Lipinski definition) is 5. The second-order valence-electron chi connectivity index (χ2n) is 6.52. The van der Waals surface area contributed by atoms with E-state index in [0.717, 1.165) is 11.4 Å². The molecule has 3 rings (SSSR count). The number of rotatable bonds is 6. The molecule has 0 bridgehead atoms. The monoisotopic (exact) mass is 366 g/mol. The fourth-order valence-electron chi connectivity index (χ4n) is 2.71. The molecule has 0 aliphatic rings. The third-order valence-corrected chi connectivity index (χ3v) is 4.20. The highest BCUT2D eigenvalue weighted by atomic mass is 16.3. The molecule has 7 heteroatoms. The molecule has 140 valence electrons. The minimum absolute atomic E-state index is 0.0764. The first-order valence-electron chi connectivity index (χ1n) is 8.71. The SMILES string of the molecule is CC(C)n1ncnc1-c1ccc(C(=O)NC[C@H](O)c2ccc(O)cc2)cc1. The summed E-state index contributed by atoms with van der Waals surface area (Å²) in [6.45, 7) is 4.13. The first-order valence-corrected chi connectivity index (χ1v) is 8.71. The third kappa shape index (κ3) is 4.32. The van der Waals surface area contributed by atoms with Crippen LogP contribution in [0, 0.1) is 0 Å². The van der Waals surface area contributed by atoms with E-state index in [2.05, 4.69) is 15.4 Å². The van der Waals surface area contributed by atoms with Crippen LogP contribution in [0.4, 0.5) is 0 Å². The van der Waals surface area contributed by atoms with Gasteiger partial charge in [-0.1, -0.05) is 24.3 Å². The lowest BCUT2D eigenvalue weighted by Crippen LogP contribution is -2.28. The molecule has 0 saturated heterocycles. The Balaban J connectivity index is 1.63. The summed E-state index contributed by atoms with van der Waals surface area (Å²) >= 11 is 0. The number of hydrogen-bond donors (Lipinski definition) is 3. The Morgan fingerprint density at radius 1 is 1.11 bits per heavy atom. The molecule has 3 N–H and O–H groups in total. The van der Waals surface area contributed by atoms with E-state index < -0.39 is 6.10 Å². The average molecular weight is 366 g/mol. The van der Waals surface area contributed by atoms with Crippen molar-refractivity contribution in [3.63, 3.8) is 0 Å². The summed E-state index contributed by atoms with van der Waals surface area (Å²) in [5.74, 6) is 0.604. The Hall–Kier alpha value is -3.19. The van der Waals surface area contributed by atoms with E-state index in [1.807, 2.05) is 30.7 Å². The van der Waals surface area contributed by atoms with Gasteiger partial charge in [-0.15, -0.1) is 0 Å². The van der Waals surface area contributed by atoms with E-state index in [4.69, 9.17) is 0 Å². The van der Waals surface area contributed by atoms with E-state index in [1.54, 1.807) is 24.3 Å². The van der Waals surface area contributed by atoms with Crippen LogP contribution in [0.1, 0.15) is 41.9 Å². The van der Waals surface area contributed by atoms with Gasteiger partial charge >= 0.3 is 0 Å². The fourth-order valence-corrected chi connectivity index (χ4v) is 2.71. The summed E-state index contributed by atoms with van der Waals surface area (Å²) < 4.78 is 1.82. The van der Waals surface area contributed by atoms with Crippen LogP contribution in [-0.2, 0) is 0 Å². The zero-order valence-electron chi connectivity index (χ0n) is 15.2. The average Bonchev–Trinajstić information content (AvgIpc) is 3.17. The van der Waals surface area contributed by atoms with Gasteiger partial charge in [0.25, 0.3) is 5.91 Å². The molecule has 1 amide bonds. The van der Waals surface area contributed by atoms with Gasteiger partial charge in [0, 0.05) is 23.7 Å². The lowest BCUT2D eigenvalue weighted by Gasteiger charge is -2.13. The highest BCUT2D eigenvalue weighted by Crippen LogP contribution is 2.20. The Morgan fingerprint density at radius 3 is 2.41 bits per heavy atom. The number of nitrogens with zero attached hydrogens (tertiary/aromatic N) is 3. The standard InChI is InChI=1S/C20H22N4O3/c1-13(2)24-19(22-12-23-24)15-3-5-16(6-4-15)20(27)21-11-18(26)14-7-9-17(25)10-8-14/h3-10,12-13,18,25-26H,11H2,1-2H3,(H,21,27)/t18-/m0/s1. The molecule has 1 heterocycles. The van der Waals surface area contributed by atoms with Crippen molar-refractivity contribution in [3.05, 3.63) is 66.0 Å². The smallest absolute Gasteiger partial charge is 0.251 e. The quantitative estimate of drug-likeness (QED) is 0.623. The fraction of sp³-hybridized carbons (Fsp3) is 0.250. The molecule has 1 aromatic heterocycles. The zero-order valence-corrected chi connectivity index (χ0v) is 15.2. The maximum atomic E-state index is 12.3. The van der Waals surface area contributed by atoms with Crippen molar-refractivity contribution in [1.29, 1.82) is 0 Å². The number of carbonyl (C=O) groups is 1. The third-order valence-electron chi connectivity index (χ3n) is 4.20. The molecule has 0 saturated carbocycles. The van der Waals surface area contributed by atoms with Gasteiger partial charge in [0.15, 0.2) is 5.82 Å². The van der Waals surface area contributed by atoms with Gasteiger partial charge in [-0.25, -0.2) is 9.67 Å². The van der Waals surface area contributed by atoms with E-state index in [1.165, 1.54) is 18.5 Å². The molecule has 0 radical (unpaired) electrons. The summed E-state index contributed by atoms with van der Waals surface area (Å²) in [5.41, 5.74) is 1.99. The van der Waals surface area contributed by atoms with Crippen molar-refractivity contribution in [2.24, 2.45) is 0 Å². The number of amides is 1. The van der Waals surface area contributed by atoms with Gasteiger partial charge in [0.05, 0.1) is 6.10 Å². The van der Waals surface area contributed by atoms with Crippen LogP contribution in [0.2, 0.25) is 0 Å². The molecule has 27 heavy (non-hydrogen) atoms. The van der Waals surface area contributed by atoms with E-state index in [0.29, 0.717) is 11.1 Å². The second kappa shape index (κ2) is 8.01. The molecule has 0 unspecified atom stereocenters. The van der Waals surface area contributed by atoms with Crippen molar-refractivity contribution < 1.29 is 15.0 Å². The Kier molecular flexibility index (Phi) is 5.52. The first-order chi connectivity index (χ1) is 13.0. The van der Waals surface area contributed by atoms with Crippen molar-refractivity contribution >= 4 is 5.91 Å². The van der Waals surface area contributed by atoms with Crippen LogP contribution in [0.15, 0.2) is 54.9 Å². The van der Waals surface area contributed by atoms with Gasteiger partial charge < -0.3 is 15.5 Å². The molecule has 1 atom stereocenters. The number of phenolic OH excluding ortho intramolecular Hbond substituents is 1. The number of aliphatic hydroxyl groups excluding tert-OH is 1. The van der Waals surface area contributed by atoms with Gasteiger partial charge in [0.1, 0.15) is 12.1 Å². The topological polar surface area (TPSA) is 100 Å². The summed E-state index contributed by atoms with van der Waals surface area (Å²) in [6, 6.07) is 13.5. The van der Waals surface area contributed by atoms with Crippen molar-refractivity contribution in [1.82, 2.24) is 20.1 Å². The van der Waals surface area contributed by atoms with Gasteiger partial charge in [-0.2, -0.15) is 5.10 Å². The summed E-state index contributed by atoms with van der Waals surface area (Å²) in [6.07, 6.45) is 0.666. The number of aromatic nitrogens is 3. The van der Waals surface area contributed by atoms with Crippen molar-refractivity contribution in [2.75, 3.05) is 6.54 Å². The normalized spacial score (nSPS) is 12.1. The molecular weight excluding hydrogens is 344 g/mol. The maximum absolute atomic E-state index is 12.3. The maximum Gasteiger partial charge on any atom is 0.251 e. The number of nitrogens with one attached hydrogen (secondary N) is 1. The molecule has 2 aromatic carbocycles. The van der Waals surface area contributed by atoms with E-state index in [9.17, 15) is 15.0 Å². The predicted molar refractivity (Wildman–Crippen MR) is 101 cm³/mol. The van der Waals surface area contributed by atoms with Crippen LogP contribution in [0.5, 0.6) is 5.75 Å². The molecule has 7 nitrogen and oxygen atoms in total. The van der Waals surface area contributed by atoms with Gasteiger partial charge in [-0.05, 0) is 43.7 Å². The first kappa shape index (κ1) is 18.6. The minimum Gasteiger partial charge on any atom is -0.508 e. The van der Waals surface area contributed by atoms with Crippen LogP contribution in [0.25, 0.3) is 11.4 Å². The van der Waals surface area contributed by atoms with Crippen LogP contribution in [-0.4, -0.2) is 37.4 Å². The Morgan fingerprint density at radius 2 is 1.78 bits per heavy atom. The van der Waals surface area contributed by atoms with E-state index >= 15 is 0 Å². The Labute approximate surface area is 157 Å². The number of aliphatic hydroxyl groups is 1. The van der Waals surface area contributed by atoms with E-state index in [-0.39, 0.29) is 24.2 Å². The lowest BCUT2D eigenvalue weighted by atomic mass is 10.1. The van der Waals surface area contributed by atoms with Crippen LogP contribution < -0.4 is 5.32 Å². The molecule has 3 aromatic rings. The van der Waals surface area contributed by atoms with Crippen molar-refractivity contribution in [2.45, 2.75) is 26.0 Å². The second-order valence-corrected chi connectivity index (χ2v) is 6.52. The Bertz CT molecular complexity index is 902. The lowest BCUT2D eigenvalue weighted by molar-refractivity contribution is 0.0916. The minimum atomic E-state index is -0.849. The summed E-state index contributed by atoms with van der Waals surface area (Å²) in [4.78, 5) is 16.6. The highest BCUT2D eigenvalue weighted by molar-refractivity contribution is 5.94. The van der Waals surface area contributed by atoms with Gasteiger partial charge in [0.2, 0.25) is 0 Å². The summed E-state index contributed by atoms with van der Waals surface area (Å²) in [7, 11) is 0. The van der Waals surface area contributed by atoms with Crippen molar-refractivity contribution in [3.8, 4) is 17.1 Å². The molecule has 0 aliphatic carbocycles. The number of aromatic hydroxyl groups is 1.